The van der Waals surface area contributed by atoms with Crippen molar-refractivity contribution in [2.24, 2.45) is 0 Å². The Labute approximate surface area is 200 Å². The Morgan fingerprint density at radius 3 is 2.47 bits per heavy atom. The number of nitrogens with zero attached hydrogens (tertiary/aromatic N) is 3. The second-order valence-corrected chi connectivity index (χ2v) is 9.34. The summed E-state index contributed by atoms with van der Waals surface area (Å²) in [6, 6.07) is 9.76. The Bertz CT molecular complexity index is 1480. The molecule has 9 nitrogen and oxygen atoms in total. The number of halogens is 5. The van der Waals surface area contributed by atoms with Gasteiger partial charge in [-0.05, 0) is 42.5 Å². The van der Waals surface area contributed by atoms with E-state index in [1.54, 1.807) is 0 Å². The third-order valence-corrected chi connectivity index (χ3v) is 6.46. The van der Waals surface area contributed by atoms with Crippen molar-refractivity contribution in [3.63, 3.8) is 0 Å². The lowest BCUT2D eigenvalue weighted by Gasteiger charge is -2.11. The van der Waals surface area contributed by atoms with E-state index in [0.717, 1.165) is 0 Å². The molecule has 0 aliphatic heterocycles. The third-order valence-electron chi connectivity index (χ3n) is 4.36. The number of hydrogen-bond donors (Lipinski definition) is 3. The zero-order chi connectivity index (χ0) is 24.7. The molecule has 34 heavy (non-hydrogen) atoms. The highest BCUT2D eigenvalue weighted by Crippen LogP contribution is 2.31. The first-order valence-electron chi connectivity index (χ1n) is 9.22. The molecule has 0 amide bonds. The van der Waals surface area contributed by atoms with Crippen LogP contribution in [0.15, 0.2) is 47.4 Å². The zero-order valence-corrected chi connectivity index (χ0v) is 19.0. The molecule has 178 valence electrons. The van der Waals surface area contributed by atoms with E-state index < -0.39 is 28.7 Å². The lowest BCUT2D eigenvalue weighted by atomic mass is 10.2. The summed E-state index contributed by atoms with van der Waals surface area (Å²) in [7, 11) is -4.05. The van der Waals surface area contributed by atoms with Gasteiger partial charge in [0.15, 0.2) is 18.1 Å². The number of fused-ring (bicyclic) bond motifs is 1. The summed E-state index contributed by atoms with van der Waals surface area (Å²) in [5, 5.41) is 6.45. The molecule has 0 spiro atoms. The highest BCUT2D eigenvalue weighted by atomic mass is 35.5. The molecule has 0 saturated carbocycles. The van der Waals surface area contributed by atoms with Gasteiger partial charge in [-0.15, -0.1) is 0 Å². The van der Waals surface area contributed by atoms with E-state index in [0.29, 0.717) is 5.56 Å². The minimum Gasteiger partial charge on any atom is -0.467 e. The molecular weight excluding hydrogens is 520 g/mol. The van der Waals surface area contributed by atoms with Crippen molar-refractivity contribution in [3.8, 4) is 17.3 Å². The third kappa shape index (κ3) is 5.11. The maximum absolute atomic E-state index is 12.7. The van der Waals surface area contributed by atoms with Crippen LogP contribution < -0.4 is 15.2 Å². The average molecular weight is 533 g/mol. The van der Waals surface area contributed by atoms with E-state index in [1.807, 2.05) is 0 Å². The fourth-order valence-electron chi connectivity index (χ4n) is 2.88. The van der Waals surface area contributed by atoms with E-state index in [1.165, 1.54) is 42.5 Å². The second kappa shape index (κ2) is 8.81. The molecule has 0 aliphatic rings. The smallest absolute Gasteiger partial charge is 0.422 e. The Hall–Kier alpha value is -3.29. The predicted octanol–water partition coefficient (Wildman–Crippen LogP) is 4.65. The van der Waals surface area contributed by atoms with E-state index in [4.69, 9.17) is 33.7 Å². The summed E-state index contributed by atoms with van der Waals surface area (Å²) < 4.78 is 70.4. The first-order chi connectivity index (χ1) is 15.9. The number of benzene rings is 2. The topological polar surface area (TPSA) is 136 Å². The Balaban J connectivity index is 1.64. The molecule has 4 aromatic rings. The maximum Gasteiger partial charge on any atom is 0.422 e. The van der Waals surface area contributed by atoms with Crippen LogP contribution in [0, 0.1) is 0 Å². The summed E-state index contributed by atoms with van der Waals surface area (Å²) in [5.74, 6) is -0.462. The van der Waals surface area contributed by atoms with E-state index in [9.17, 15) is 21.6 Å². The number of aromatic nitrogens is 4. The lowest BCUT2D eigenvalue weighted by Crippen LogP contribution is -2.20. The number of aromatic amines is 1. The molecule has 15 heteroatoms. The first kappa shape index (κ1) is 23.9. The van der Waals surface area contributed by atoms with Crippen molar-refractivity contribution in [2.45, 2.75) is 11.1 Å². The Kier molecular flexibility index (Phi) is 6.18. The number of H-pyrrole nitrogens is 1. The summed E-state index contributed by atoms with van der Waals surface area (Å²) in [6.45, 7) is -1.59. The number of nitrogens with two attached hydrogens (primary N) is 1. The minimum atomic E-state index is -4.60. The number of anilines is 2. The summed E-state index contributed by atoms with van der Waals surface area (Å²) in [6.07, 6.45) is -4.60. The minimum absolute atomic E-state index is 0.0000481. The molecule has 2 aromatic heterocycles. The molecular formula is C19H13Cl2F3N6O3S. The zero-order valence-electron chi connectivity index (χ0n) is 16.7. The summed E-state index contributed by atoms with van der Waals surface area (Å²) >= 11 is 11.8. The van der Waals surface area contributed by atoms with Crippen LogP contribution in [0.25, 0.3) is 22.4 Å². The molecule has 0 radical (unpaired) electrons. The number of alkyl halides is 3. The Morgan fingerprint density at radius 1 is 1.09 bits per heavy atom. The molecule has 0 atom stereocenters. The molecule has 0 bridgehead atoms. The van der Waals surface area contributed by atoms with Crippen LogP contribution in [0.3, 0.4) is 0 Å². The maximum atomic E-state index is 12.7. The SMILES string of the molecule is Nc1[nH]nc2nc(-c3ccc(NS(=O)(=O)c4cc(Cl)ccc4Cl)cc3)nc(OCC(F)(F)F)c12. The Morgan fingerprint density at radius 2 is 1.79 bits per heavy atom. The van der Waals surface area contributed by atoms with Gasteiger partial charge in [0.25, 0.3) is 10.0 Å². The average Bonchev–Trinajstić information content (AvgIpc) is 3.14. The highest BCUT2D eigenvalue weighted by molar-refractivity contribution is 7.92. The van der Waals surface area contributed by atoms with Gasteiger partial charge in [0.2, 0.25) is 5.88 Å². The number of sulfonamides is 1. The number of ether oxygens (including phenoxy) is 1. The van der Waals surface area contributed by atoms with Crippen molar-refractivity contribution in [1.82, 2.24) is 20.2 Å². The lowest BCUT2D eigenvalue weighted by molar-refractivity contribution is -0.153. The van der Waals surface area contributed by atoms with Crippen LogP contribution in [-0.4, -0.2) is 41.4 Å². The molecule has 0 fully saturated rings. The van der Waals surface area contributed by atoms with Gasteiger partial charge in [-0.2, -0.15) is 23.3 Å². The van der Waals surface area contributed by atoms with Crippen LogP contribution in [0.1, 0.15) is 0 Å². The fourth-order valence-corrected chi connectivity index (χ4v) is 4.70. The van der Waals surface area contributed by atoms with Crippen LogP contribution >= 0.6 is 23.2 Å². The van der Waals surface area contributed by atoms with Crippen LogP contribution in [-0.2, 0) is 10.0 Å². The van der Waals surface area contributed by atoms with Gasteiger partial charge in [-0.3, -0.25) is 9.82 Å². The van der Waals surface area contributed by atoms with Crippen molar-refractivity contribution < 1.29 is 26.3 Å². The first-order valence-corrected chi connectivity index (χ1v) is 11.5. The molecule has 4 rings (SSSR count). The normalized spacial score (nSPS) is 12.1. The van der Waals surface area contributed by atoms with E-state index >= 15 is 0 Å². The van der Waals surface area contributed by atoms with Crippen molar-refractivity contribution in [1.29, 1.82) is 0 Å². The summed E-state index contributed by atoms with van der Waals surface area (Å²) in [5.41, 5.74) is 6.24. The molecule has 4 N–H and O–H groups in total. The second-order valence-electron chi connectivity index (χ2n) is 6.85. The molecule has 0 saturated heterocycles. The van der Waals surface area contributed by atoms with Gasteiger partial charge < -0.3 is 10.5 Å². The summed E-state index contributed by atoms with van der Waals surface area (Å²) in [4.78, 5) is 8.01. The monoisotopic (exact) mass is 532 g/mol. The van der Waals surface area contributed by atoms with Crippen molar-refractivity contribution in [3.05, 3.63) is 52.5 Å². The molecule has 0 aliphatic carbocycles. The van der Waals surface area contributed by atoms with Gasteiger partial charge in [0.1, 0.15) is 16.1 Å². The number of hydrogen-bond acceptors (Lipinski definition) is 7. The number of nitrogen functional groups attached to an aromatic ring is 1. The van der Waals surface area contributed by atoms with Gasteiger partial charge in [-0.1, -0.05) is 23.2 Å². The molecule has 2 heterocycles. The van der Waals surface area contributed by atoms with Crippen LogP contribution in [0.2, 0.25) is 10.0 Å². The number of rotatable bonds is 6. The van der Waals surface area contributed by atoms with Gasteiger partial charge >= 0.3 is 6.18 Å². The highest BCUT2D eigenvalue weighted by Gasteiger charge is 2.30. The van der Waals surface area contributed by atoms with Gasteiger partial charge in [-0.25, -0.2) is 13.4 Å². The van der Waals surface area contributed by atoms with E-state index in [-0.39, 0.29) is 43.3 Å². The fraction of sp³-hybridized carbons (Fsp3) is 0.105. The van der Waals surface area contributed by atoms with Crippen molar-refractivity contribution >= 4 is 55.8 Å². The quantitative estimate of drug-likeness (QED) is 0.328. The van der Waals surface area contributed by atoms with Gasteiger partial charge in [0.05, 0.1) is 5.02 Å². The van der Waals surface area contributed by atoms with Crippen LogP contribution in [0.4, 0.5) is 24.7 Å². The van der Waals surface area contributed by atoms with E-state index in [2.05, 4.69) is 24.9 Å². The molecule has 0 unspecified atom stereocenters. The largest absolute Gasteiger partial charge is 0.467 e. The molecule has 2 aromatic carbocycles. The standard InChI is InChI=1S/C19H13Cl2F3N6O3S/c20-10-3-6-12(21)13(7-10)34(31,32)30-11-4-1-9(2-5-11)16-26-17-14(15(25)28-29-17)18(27-16)33-8-19(22,23)24/h1-7,30H,8H2,(H3,25,26,27,28,29). The predicted molar refractivity (Wildman–Crippen MR) is 120 cm³/mol. The van der Waals surface area contributed by atoms with Crippen molar-refractivity contribution in [2.75, 3.05) is 17.1 Å². The van der Waals surface area contributed by atoms with Gasteiger partial charge in [0, 0.05) is 16.3 Å². The van der Waals surface area contributed by atoms with Crippen LogP contribution in [0.5, 0.6) is 5.88 Å². The number of nitrogens with one attached hydrogen (secondary N) is 2.